The number of halogens is 1. The summed E-state index contributed by atoms with van der Waals surface area (Å²) in [6.07, 6.45) is -0.0156. The van der Waals surface area contributed by atoms with Crippen LogP contribution < -0.4 is 5.73 Å². The predicted octanol–water partition coefficient (Wildman–Crippen LogP) is 2.00. The number of hydrogen-bond acceptors (Lipinski definition) is 3. The summed E-state index contributed by atoms with van der Waals surface area (Å²) in [4.78, 5) is 23.6. The molecule has 0 aromatic heterocycles. The van der Waals surface area contributed by atoms with E-state index in [1.54, 1.807) is 0 Å². The SMILES string of the molecule is CC(C)(C)N(CCC(=O)O)Cc1ccc(C(N)=O)cc1F. The normalized spacial score (nSPS) is 11.7. The van der Waals surface area contributed by atoms with Crippen LogP contribution in [0, 0.1) is 5.82 Å². The van der Waals surface area contributed by atoms with Crippen LogP contribution in [0.4, 0.5) is 4.39 Å². The molecule has 5 nitrogen and oxygen atoms in total. The van der Waals surface area contributed by atoms with Crippen LogP contribution in [0.25, 0.3) is 0 Å². The van der Waals surface area contributed by atoms with Crippen LogP contribution in [0.15, 0.2) is 18.2 Å². The molecule has 0 heterocycles. The second-order valence-corrected chi connectivity index (χ2v) is 5.91. The number of primary amides is 1. The molecule has 1 aromatic rings. The molecule has 0 aliphatic carbocycles. The van der Waals surface area contributed by atoms with Crippen molar-refractivity contribution >= 4 is 11.9 Å². The molecule has 0 aliphatic rings. The highest BCUT2D eigenvalue weighted by Gasteiger charge is 2.23. The Hall–Kier alpha value is -1.95. The zero-order valence-electron chi connectivity index (χ0n) is 12.5. The molecule has 0 aliphatic heterocycles. The molecule has 0 unspecified atom stereocenters. The number of carboxylic acids is 1. The maximum absolute atomic E-state index is 14.0. The average molecular weight is 296 g/mol. The highest BCUT2D eigenvalue weighted by atomic mass is 19.1. The van der Waals surface area contributed by atoms with E-state index in [9.17, 15) is 14.0 Å². The van der Waals surface area contributed by atoms with Crippen LogP contribution >= 0.6 is 0 Å². The van der Waals surface area contributed by atoms with Gasteiger partial charge in [0.25, 0.3) is 0 Å². The van der Waals surface area contributed by atoms with Gasteiger partial charge in [0.05, 0.1) is 6.42 Å². The molecule has 1 aromatic carbocycles. The molecule has 0 radical (unpaired) electrons. The van der Waals surface area contributed by atoms with Gasteiger partial charge in [-0.3, -0.25) is 14.5 Å². The van der Waals surface area contributed by atoms with Gasteiger partial charge in [-0.1, -0.05) is 6.07 Å². The van der Waals surface area contributed by atoms with Crippen molar-refractivity contribution < 1.29 is 19.1 Å². The first-order valence-electron chi connectivity index (χ1n) is 6.66. The topological polar surface area (TPSA) is 83.6 Å². The Morgan fingerprint density at radius 2 is 1.95 bits per heavy atom. The quantitative estimate of drug-likeness (QED) is 0.841. The molecule has 1 amide bonds. The molecule has 116 valence electrons. The predicted molar refractivity (Wildman–Crippen MR) is 77.3 cm³/mol. The van der Waals surface area contributed by atoms with Gasteiger partial charge in [-0.15, -0.1) is 0 Å². The van der Waals surface area contributed by atoms with E-state index in [-0.39, 0.29) is 24.1 Å². The summed E-state index contributed by atoms with van der Waals surface area (Å²) in [6.45, 7) is 6.39. The summed E-state index contributed by atoms with van der Waals surface area (Å²) in [5, 5.41) is 8.79. The third kappa shape index (κ3) is 5.15. The second kappa shape index (κ2) is 6.67. The number of hydrogen-bond donors (Lipinski definition) is 2. The fraction of sp³-hybridized carbons (Fsp3) is 0.467. The van der Waals surface area contributed by atoms with Gasteiger partial charge in [0.2, 0.25) is 5.91 Å². The van der Waals surface area contributed by atoms with Gasteiger partial charge in [0.1, 0.15) is 5.82 Å². The van der Waals surface area contributed by atoms with Gasteiger partial charge in [-0.2, -0.15) is 0 Å². The summed E-state index contributed by atoms with van der Waals surface area (Å²) >= 11 is 0. The molecule has 21 heavy (non-hydrogen) atoms. The van der Waals surface area contributed by atoms with Gasteiger partial charge in [-0.05, 0) is 32.9 Å². The molecule has 0 bridgehead atoms. The van der Waals surface area contributed by atoms with Crippen LogP contribution in [-0.2, 0) is 11.3 Å². The minimum absolute atomic E-state index is 0.0156. The van der Waals surface area contributed by atoms with Gasteiger partial charge >= 0.3 is 5.97 Å². The van der Waals surface area contributed by atoms with Crippen molar-refractivity contribution in [2.24, 2.45) is 5.73 Å². The van der Waals surface area contributed by atoms with E-state index in [1.807, 2.05) is 25.7 Å². The van der Waals surface area contributed by atoms with Crippen LogP contribution in [0.3, 0.4) is 0 Å². The smallest absolute Gasteiger partial charge is 0.304 e. The second-order valence-electron chi connectivity index (χ2n) is 5.91. The molecule has 0 fully saturated rings. The Balaban J connectivity index is 2.93. The van der Waals surface area contributed by atoms with E-state index >= 15 is 0 Å². The third-order valence-electron chi connectivity index (χ3n) is 3.24. The number of carboxylic acid groups (broad SMARTS) is 1. The summed E-state index contributed by atoms with van der Waals surface area (Å²) in [5.41, 5.74) is 5.32. The van der Waals surface area contributed by atoms with E-state index in [1.165, 1.54) is 12.1 Å². The van der Waals surface area contributed by atoms with E-state index in [4.69, 9.17) is 10.8 Å². The van der Waals surface area contributed by atoms with E-state index in [0.717, 1.165) is 6.07 Å². The molecular weight excluding hydrogens is 275 g/mol. The van der Waals surface area contributed by atoms with Crippen molar-refractivity contribution in [3.05, 3.63) is 35.1 Å². The highest BCUT2D eigenvalue weighted by molar-refractivity contribution is 5.92. The molecule has 0 atom stereocenters. The maximum atomic E-state index is 14.0. The van der Waals surface area contributed by atoms with Crippen molar-refractivity contribution in [2.45, 2.75) is 39.3 Å². The summed E-state index contributed by atoms with van der Waals surface area (Å²) in [6, 6.07) is 4.09. The Kier molecular flexibility index (Phi) is 5.43. The first-order chi connectivity index (χ1) is 9.61. The third-order valence-corrected chi connectivity index (χ3v) is 3.24. The molecular formula is C15H21FN2O3. The fourth-order valence-electron chi connectivity index (χ4n) is 1.92. The van der Waals surface area contributed by atoms with Crippen molar-refractivity contribution in [1.82, 2.24) is 4.90 Å². The number of aliphatic carboxylic acids is 1. The van der Waals surface area contributed by atoms with Crippen LogP contribution in [-0.4, -0.2) is 34.0 Å². The average Bonchev–Trinajstić information content (AvgIpc) is 2.33. The van der Waals surface area contributed by atoms with E-state index < -0.39 is 17.7 Å². The Morgan fingerprint density at radius 1 is 1.33 bits per heavy atom. The lowest BCUT2D eigenvalue weighted by atomic mass is 10.0. The van der Waals surface area contributed by atoms with Crippen molar-refractivity contribution in [3.8, 4) is 0 Å². The summed E-state index contributed by atoms with van der Waals surface area (Å²) in [7, 11) is 0. The Labute approximate surface area is 123 Å². The first-order valence-corrected chi connectivity index (χ1v) is 6.66. The van der Waals surface area contributed by atoms with Crippen molar-refractivity contribution in [2.75, 3.05) is 6.54 Å². The zero-order chi connectivity index (χ0) is 16.2. The van der Waals surface area contributed by atoms with Gasteiger partial charge in [0.15, 0.2) is 0 Å². The summed E-state index contributed by atoms with van der Waals surface area (Å²) in [5.74, 6) is -2.09. The van der Waals surface area contributed by atoms with Crippen LogP contribution in [0.1, 0.15) is 43.1 Å². The molecule has 0 saturated carbocycles. The standard InChI is InChI=1S/C15H21FN2O3/c1-15(2,3)18(7-6-13(19)20)9-11-5-4-10(14(17)21)8-12(11)16/h4-5,8H,6-7,9H2,1-3H3,(H2,17,21)(H,19,20). The minimum atomic E-state index is -0.895. The minimum Gasteiger partial charge on any atom is -0.481 e. The monoisotopic (exact) mass is 296 g/mol. The largest absolute Gasteiger partial charge is 0.481 e. The summed E-state index contributed by atoms with van der Waals surface area (Å²) < 4.78 is 14.0. The number of amides is 1. The molecule has 0 spiro atoms. The van der Waals surface area contributed by atoms with Crippen LogP contribution in [0.2, 0.25) is 0 Å². The lowest BCUT2D eigenvalue weighted by Crippen LogP contribution is -2.42. The van der Waals surface area contributed by atoms with E-state index in [2.05, 4.69) is 0 Å². The molecule has 3 N–H and O–H groups in total. The number of carbonyl (C=O) groups excluding carboxylic acids is 1. The maximum Gasteiger partial charge on any atom is 0.304 e. The van der Waals surface area contributed by atoms with Gasteiger partial charge in [0, 0.05) is 29.8 Å². The van der Waals surface area contributed by atoms with Gasteiger partial charge < -0.3 is 10.8 Å². The number of carbonyl (C=O) groups is 2. The number of nitrogens with zero attached hydrogens (tertiary/aromatic N) is 1. The highest BCUT2D eigenvalue weighted by Crippen LogP contribution is 2.20. The number of nitrogens with two attached hydrogens (primary N) is 1. The molecule has 1 rings (SSSR count). The van der Waals surface area contributed by atoms with Crippen LogP contribution in [0.5, 0.6) is 0 Å². The zero-order valence-corrected chi connectivity index (χ0v) is 12.5. The first kappa shape index (κ1) is 17.1. The van der Waals surface area contributed by atoms with Crippen molar-refractivity contribution in [1.29, 1.82) is 0 Å². The fourth-order valence-corrected chi connectivity index (χ4v) is 1.92. The molecule has 6 heteroatoms. The molecule has 0 saturated heterocycles. The Bertz CT molecular complexity index is 538. The van der Waals surface area contributed by atoms with Crippen molar-refractivity contribution in [3.63, 3.8) is 0 Å². The lowest BCUT2D eigenvalue weighted by molar-refractivity contribution is -0.137. The Morgan fingerprint density at radius 3 is 2.38 bits per heavy atom. The lowest BCUT2D eigenvalue weighted by Gasteiger charge is -2.35. The van der Waals surface area contributed by atoms with Gasteiger partial charge in [-0.25, -0.2) is 4.39 Å². The number of benzene rings is 1. The van der Waals surface area contributed by atoms with E-state index in [0.29, 0.717) is 12.1 Å². The number of rotatable bonds is 6.